The Morgan fingerprint density at radius 3 is 2.62 bits per heavy atom. The van der Waals surface area contributed by atoms with Crippen molar-refractivity contribution in [3.63, 3.8) is 0 Å². The van der Waals surface area contributed by atoms with Crippen molar-refractivity contribution in [2.75, 3.05) is 7.11 Å². The van der Waals surface area contributed by atoms with Gasteiger partial charge < -0.3 is 14.9 Å². The van der Waals surface area contributed by atoms with Crippen LogP contribution in [0.3, 0.4) is 0 Å². The van der Waals surface area contributed by atoms with E-state index in [0.29, 0.717) is 16.3 Å². The largest absolute Gasteiger partial charge is 0.508 e. The molecule has 4 nitrogen and oxygen atoms in total. The molecule has 1 unspecified atom stereocenters. The predicted octanol–water partition coefficient (Wildman–Crippen LogP) is 3.47. The summed E-state index contributed by atoms with van der Waals surface area (Å²) in [4.78, 5) is 11.5. The first-order valence-corrected chi connectivity index (χ1v) is 6.73. The number of benzene rings is 2. The fraction of sp³-hybridized carbons (Fsp3) is 0.188. The maximum atomic E-state index is 11.5. The van der Waals surface area contributed by atoms with Gasteiger partial charge in [-0.1, -0.05) is 29.8 Å². The molecule has 0 aromatic heterocycles. The molecule has 0 aliphatic heterocycles. The van der Waals surface area contributed by atoms with Gasteiger partial charge >= 0.3 is 5.97 Å². The minimum Gasteiger partial charge on any atom is -0.508 e. The molecule has 2 N–H and O–H groups in total. The zero-order valence-corrected chi connectivity index (χ0v) is 12.2. The first-order valence-electron chi connectivity index (χ1n) is 6.35. The van der Waals surface area contributed by atoms with Crippen LogP contribution in [0.5, 0.6) is 11.5 Å². The molecular formula is C16H15ClO4. The molecule has 0 aliphatic rings. The Labute approximate surface area is 127 Å². The van der Waals surface area contributed by atoms with E-state index in [-0.39, 0.29) is 12.2 Å². The maximum absolute atomic E-state index is 11.5. The first-order chi connectivity index (χ1) is 10.0. The Hall–Kier alpha value is -2.20. The SMILES string of the molecule is COc1ccc(C(Cc2cccc(O)c2)C(=O)O)cc1Cl. The number of halogens is 1. The third-order valence-electron chi connectivity index (χ3n) is 3.23. The average molecular weight is 307 g/mol. The summed E-state index contributed by atoms with van der Waals surface area (Å²) < 4.78 is 5.06. The van der Waals surface area contributed by atoms with E-state index >= 15 is 0 Å². The van der Waals surface area contributed by atoms with Crippen molar-refractivity contribution in [3.8, 4) is 11.5 Å². The van der Waals surface area contributed by atoms with Crippen molar-refractivity contribution < 1.29 is 19.7 Å². The van der Waals surface area contributed by atoms with E-state index in [2.05, 4.69) is 0 Å². The van der Waals surface area contributed by atoms with Crippen molar-refractivity contribution in [2.45, 2.75) is 12.3 Å². The number of aliphatic carboxylic acids is 1. The van der Waals surface area contributed by atoms with Crippen molar-refractivity contribution in [2.24, 2.45) is 0 Å². The molecule has 0 saturated carbocycles. The van der Waals surface area contributed by atoms with Crippen LogP contribution < -0.4 is 4.74 Å². The van der Waals surface area contributed by atoms with Gasteiger partial charge in [-0.25, -0.2) is 0 Å². The van der Waals surface area contributed by atoms with Gasteiger partial charge in [-0.15, -0.1) is 0 Å². The molecule has 0 aliphatic carbocycles. The number of carboxylic acid groups (broad SMARTS) is 1. The number of phenolic OH excluding ortho intramolecular Hbond substituents is 1. The number of carbonyl (C=O) groups is 1. The minimum absolute atomic E-state index is 0.115. The Morgan fingerprint density at radius 1 is 1.29 bits per heavy atom. The van der Waals surface area contributed by atoms with E-state index in [1.165, 1.54) is 7.11 Å². The fourth-order valence-corrected chi connectivity index (χ4v) is 2.43. The summed E-state index contributed by atoms with van der Waals surface area (Å²) in [6.45, 7) is 0. The molecule has 0 saturated heterocycles. The maximum Gasteiger partial charge on any atom is 0.311 e. The Bertz CT molecular complexity index is 654. The van der Waals surface area contributed by atoms with Gasteiger partial charge in [-0.05, 0) is 41.8 Å². The molecule has 0 amide bonds. The summed E-state index contributed by atoms with van der Waals surface area (Å²) in [6.07, 6.45) is 0.270. The van der Waals surface area contributed by atoms with Gasteiger partial charge in [0.05, 0.1) is 18.1 Å². The normalized spacial score (nSPS) is 11.9. The summed E-state index contributed by atoms with van der Waals surface area (Å²) >= 11 is 6.05. The number of hydrogen-bond acceptors (Lipinski definition) is 3. The molecule has 0 heterocycles. The highest BCUT2D eigenvalue weighted by molar-refractivity contribution is 6.32. The molecule has 0 spiro atoms. The van der Waals surface area contributed by atoms with Crippen molar-refractivity contribution in [3.05, 3.63) is 58.6 Å². The summed E-state index contributed by atoms with van der Waals surface area (Å²) in [6, 6.07) is 11.5. The van der Waals surface area contributed by atoms with Gasteiger partial charge in [-0.2, -0.15) is 0 Å². The van der Waals surface area contributed by atoms with Gasteiger partial charge in [0.25, 0.3) is 0 Å². The Balaban J connectivity index is 2.31. The summed E-state index contributed by atoms with van der Waals surface area (Å²) in [7, 11) is 1.50. The molecular weight excluding hydrogens is 292 g/mol. The lowest BCUT2D eigenvalue weighted by Crippen LogP contribution is -2.14. The van der Waals surface area contributed by atoms with E-state index in [4.69, 9.17) is 16.3 Å². The molecule has 0 radical (unpaired) electrons. The van der Waals surface area contributed by atoms with Crippen LogP contribution in [-0.2, 0) is 11.2 Å². The van der Waals surface area contributed by atoms with Crippen LogP contribution >= 0.6 is 11.6 Å². The number of phenols is 1. The number of rotatable bonds is 5. The van der Waals surface area contributed by atoms with Gasteiger partial charge in [0, 0.05) is 0 Å². The van der Waals surface area contributed by atoms with Gasteiger partial charge in [0.2, 0.25) is 0 Å². The minimum atomic E-state index is -0.945. The third-order valence-corrected chi connectivity index (χ3v) is 3.52. The van der Waals surface area contributed by atoms with Gasteiger partial charge in [0.1, 0.15) is 11.5 Å². The highest BCUT2D eigenvalue weighted by Gasteiger charge is 2.21. The summed E-state index contributed by atoms with van der Waals surface area (Å²) in [5.74, 6) is -1.07. The van der Waals surface area contributed by atoms with E-state index in [1.54, 1.807) is 42.5 Å². The average Bonchev–Trinajstić information content (AvgIpc) is 2.44. The van der Waals surface area contributed by atoms with Crippen molar-refractivity contribution >= 4 is 17.6 Å². The van der Waals surface area contributed by atoms with Crippen LogP contribution in [0.15, 0.2) is 42.5 Å². The van der Waals surface area contributed by atoms with Gasteiger partial charge in [-0.3, -0.25) is 4.79 Å². The second-order valence-corrected chi connectivity index (χ2v) is 5.07. The lowest BCUT2D eigenvalue weighted by molar-refractivity contribution is -0.138. The third kappa shape index (κ3) is 3.67. The smallest absolute Gasteiger partial charge is 0.311 e. The number of aromatic hydroxyl groups is 1. The van der Waals surface area contributed by atoms with Crippen LogP contribution in [0.1, 0.15) is 17.0 Å². The fourth-order valence-electron chi connectivity index (χ4n) is 2.17. The second kappa shape index (κ2) is 6.50. The first kappa shape index (κ1) is 15.2. The van der Waals surface area contributed by atoms with E-state index in [0.717, 1.165) is 5.56 Å². The van der Waals surface area contributed by atoms with E-state index < -0.39 is 11.9 Å². The molecule has 0 fully saturated rings. The number of methoxy groups -OCH3 is 1. The van der Waals surface area contributed by atoms with Gasteiger partial charge in [0.15, 0.2) is 0 Å². The van der Waals surface area contributed by atoms with Crippen molar-refractivity contribution in [1.82, 2.24) is 0 Å². The lowest BCUT2D eigenvalue weighted by Gasteiger charge is -2.14. The van der Waals surface area contributed by atoms with Crippen LogP contribution in [0.4, 0.5) is 0 Å². The predicted molar refractivity (Wildman–Crippen MR) is 80.2 cm³/mol. The molecule has 110 valence electrons. The molecule has 0 bridgehead atoms. The van der Waals surface area contributed by atoms with E-state index in [1.807, 2.05) is 0 Å². The Morgan fingerprint density at radius 2 is 2.05 bits per heavy atom. The molecule has 1 atom stereocenters. The van der Waals surface area contributed by atoms with Crippen LogP contribution in [0.2, 0.25) is 5.02 Å². The highest BCUT2D eigenvalue weighted by Crippen LogP contribution is 2.30. The molecule has 5 heteroatoms. The second-order valence-electron chi connectivity index (χ2n) is 4.66. The molecule has 21 heavy (non-hydrogen) atoms. The highest BCUT2D eigenvalue weighted by atomic mass is 35.5. The molecule has 2 rings (SSSR count). The Kier molecular flexibility index (Phi) is 4.70. The van der Waals surface area contributed by atoms with E-state index in [9.17, 15) is 15.0 Å². The summed E-state index contributed by atoms with van der Waals surface area (Å²) in [5.41, 5.74) is 1.34. The number of carboxylic acids is 1. The van der Waals surface area contributed by atoms with Crippen molar-refractivity contribution in [1.29, 1.82) is 0 Å². The van der Waals surface area contributed by atoms with Crippen LogP contribution in [-0.4, -0.2) is 23.3 Å². The zero-order chi connectivity index (χ0) is 15.4. The number of hydrogen-bond donors (Lipinski definition) is 2. The topological polar surface area (TPSA) is 66.8 Å². The summed E-state index contributed by atoms with van der Waals surface area (Å²) in [5, 5.41) is 19.3. The molecule has 2 aromatic carbocycles. The zero-order valence-electron chi connectivity index (χ0n) is 11.4. The quantitative estimate of drug-likeness (QED) is 0.887. The lowest BCUT2D eigenvalue weighted by atomic mass is 9.92. The monoisotopic (exact) mass is 306 g/mol. The molecule has 2 aromatic rings. The number of ether oxygens (including phenoxy) is 1. The van der Waals surface area contributed by atoms with Crippen LogP contribution in [0.25, 0.3) is 0 Å². The standard InChI is InChI=1S/C16H15ClO4/c1-21-15-6-5-11(9-14(15)17)13(16(19)20)8-10-3-2-4-12(18)7-10/h2-7,9,13,18H,8H2,1H3,(H,19,20). The van der Waals surface area contributed by atoms with Crippen LogP contribution in [0, 0.1) is 0 Å².